The lowest BCUT2D eigenvalue weighted by Gasteiger charge is -2.10. The normalized spacial score (nSPS) is 12.3. The Kier molecular flexibility index (Phi) is 5.66. The van der Waals surface area contributed by atoms with Gasteiger partial charge in [0.25, 0.3) is 5.95 Å². The van der Waals surface area contributed by atoms with Gasteiger partial charge < -0.3 is 4.74 Å². The van der Waals surface area contributed by atoms with Gasteiger partial charge >= 0.3 is 5.17 Å². The van der Waals surface area contributed by atoms with Crippen molar-refractivity contribution < 1.29 is 9.13 Å². The van der Waals surface area contributed by atoms with Crippen molar-refractivity contribution in [3.63, 3.8) is 0 Å². The molecule has 6 nitrogen and oxygen atoms in total. The Morgan fingerprint density at radius 2 is 1.96 bits per heavy atom. The Hall–Kier alpha value is -3.00. The van der Waals surface area contributed by atoms with Gasteiger partial charge in [0.2, 0.25) is 0 Å². The van der Waals surface area contributed by atoms with Crippen molar-refractivity contribution in [2.24, 2.45) is 17.3 Å². The zero-order valence-corrected chi connectivity index (χ0v) is 15.9. The molecule has 0 aliphatic carbocycles. The molecule has 0 spiro atoms. The fourth-order valence-electron chi connectivity index (χ4n) is 2.59. The highest BCUT2D eigenvalue weighted by Gasteiger charge is 2.18. The van der Waals surface area contributed by atoms with Crippen LogP contribution in [0.5, 0.6) is 0 Å². The van der Waals surface area contributed by atoms with Crippen LogP contribution in [0.25, 0.3) is 11.1 Å². The minimum Gasteiger partial charge on any atom is -0.472 e. The van der Waals surface area contributed by atoms with Crippen molar-refractivity contribution >= 4 is 23.3 Å². The van der Waals surface area contributed by atoms with E-state index in [1.165, 1.54) is 17.9 Å². The van der Waals surface area contributed by atoms with Gasteiger partial charge in [0.1, 0.15) is 5.82 Å². The van der Waals surface area contributed by atoms with E-state index in [1.54, 1.807) is 13.1 Å². The first-order valence-corrected chi connectivity index (χ1v) is 8.66. The van der Waals surface area contributed by atoms with Crippen molar-refractivity contribution in [2.75, 3.05) is 7.11 Å². The number of hydrogen-bond donors (Lipinski definition) is 0. The Morgan fingerprint density at radius 1 is 1.22 bits per heavy atom. The molecule has 0 N–H and O–H groups in total. The van der Waals surface area contributed by atoms with E-state index in [-0.39, 0.29) is 22.9 Å². The zero-order chi connectivity index (χ0) is 19.4. The first-order valence-electron chi connectivity index (χ1n) is 8.25. The Labute approximate surface area is 161 Å². The predicted octanol–water partition coefficient (Wildman–Crippen LogP) is 4.79. The van der Waals surface area contributed by atoms with E-state index >= 15 is 0 Å². The third kappa shape index (κ3) is 4.22. The summed E-state index contributed by atoms with van der Waals surface area (Å²) in [6.07, 6.45) is 0. The zero-order valence-electron chi connectivity index (χ0n) is 15.1. The average molecular weight is 383 g/mol. The molecule has 1 atom stereocenters. The van der Waals surface area contributed by atoms with E-state index in [2.05, 4.69) is 20.3 Å². The highest BCUT2D eigenvalue weighted by atomic mass is 32.1. The highest BCUT2D eigenvalue weighted by Crippen LogP contribution is 2.29. The predicted molar refractivity (Wildman–Crippen MR) is 104 cm³/mol. The number of methoxy groups -OCH3 is 1. The van der Waals surface area contributed by atoms with Gasteiger partial charge in [-0.05, 0) is 29.4 Å². The number of halogens is 1. The molecule has 0 fully saturated rings. The van der Waals surface area contributed by atoms with Crippen LogP contribution in [-0.4, -0.2) is 27.0 Å². The summed E-state index contributed by atoms with van der Waals surface area (Å²) in [6.45, 7) is 1.91. The number of benzene rings is 2. The van der Waals surface area contributed by atoms with Crippen LogP contribution in [0.1, 0.15) is 24.2 Å². The summed E-state index contributed by atoms with van der Waals surface area (Å²) >= 11 is 4.82. The molecule has 1 heterocycles. The quantitative estimate of drug-likeness (QED) is 0.480. The summed E-state index contributed by atoms with van der Waals surface area (Å²) in [5.74, 6) is 0.306. The van der Waals surface area contributed by atoms with Crippen LogP contribution in [0.3, 0.4) is 0 Å². The summed E-state index contributed by atoms with van der Waals surface area (Å²) in [6, 6.07) is 14.6. The first-order chi connectivity index (χ1) is 13.0. The smallest absolute Gasteiger partial charge is 0.302 e. The summed E-state index contributed by atoms with van der Waals surface area (Å²) in [4.78, 5) is 4.36. The second-order valence-electron chi connectivity index (χ2n) is 5.89. The lowest BCUT2D eigenvalue weighted by Crippen LogP contribution is -2.01. The molecule has 0 aliphatic heterocycles. The molecule has 0 radical (unpaired) electrons. The van der Waals surface area contributed by atoms with Crippen LogP contribution in [0, 0.1) is 5.82 Å². The minimum absolute atomic E-state index is 0.00571. The molecule has 8 heteroatoms. The monoisotopic (exact) mass is 383 g/mol. The van der Waals surface area contributed by atoms with Crippen LogP contribution in [0.4, 0.5) is 10.3 Å². The molecule has 138 valence electrons. The van der Waals surface area contributed by atoms with Crippen LogP contribution < -0.4 is 0 Å². The average Bonchev–Trinajstić information content (AvgIpc) is 3.06. The molecular weight excluding hydrogens is 365 g/mol. The molecule has 1 unspecified atom stereocenters. The second-order valence-corrected chi connectivity index (χ2v) is 6.24. The summed E-state index contributed by atoms with van der Waals surface area (Å²) < 4.78 is 20.9. The third-order valence-corrected chi connectivity index (χ3v) is 4.37. The van der Waals surface area contributed by atoms with E-state index in [4.69, 9.17) is 17.0 Å². The fraction of sp³-hybridized carbons (Fsp3) is 0.211. The van der Waals surface area contributed by atoms with Gasteiger partial charge in [-0.25, -0.2) is 9.07 Å². The van der Waals surface area contributed by atoms with Crippen LogP contribution >= 0.6 is 12.2 Å². The number of aromatic nitrogens is 3. The number of aryl methyl sites for hydroxylation is 1. The molecule has 1 aromatic heterocycles. The number of azo groups is 1. The first kappa shape index (κ1) is 18.8. The molecule has 3 aromatic rings. The number of rotatable bonds is 4. The lowest BCUT2D eigenvalue weighted by molar-refractivity contribution is 0.406. The Bertz CT molecular complexity index is 987. The molecule has 0 aliphatic rings. The van der Waals surface area contributed by atoms with Crippen molar-refractivity contribution in [3.05, 3.63) is 65.7 Å². The molecule has 2 aromatic carbocycles. The fourth-order valence-corrected chi connectivity index (χ4v) is 2.63. The van der Waals surface area contributed by atoms with Crippen LogP contribution in [-0.2, 0) is 11.8 Å². The van der Waals surface area contributed by atoms with E-state index in [0.29, 0.717) is 11.4 Å². The molecule has 0 amide bonds. The topological polar surface area (TPSA) is 64.7 Å². The minimum atomic E-state index is -0.285. The van der Waals surface area contributed by atoms with Crippen molar-refractivity contribution in [2.45, 2.75) is 12.8 Å². The number of hydrogen-bond acceptors (Lipinski definition) is 5. The maximum atomic E-state index is 14.6. The maximum absolute atomic E-state index is 14.6. The van der Waals surface area contributed by atoms with E-state index < -0.39 is 0 Å². The number of nitrogens with zero attached hydrogens (tertiary/aromatic N) is 5. The summed E-state index contributed by atoms with van der Waals surface area (Å²) in [5.41, 5.74) is 2.17. The van der Waals surface area contributed by atoms with Crippen molar-refractivity contribution in [1.82, 2.24) is 14.8 Å². The van der Waals surface area contributed by atoms with E-state index in [9.17, 15) is 4.39 Å². The van der Waals surface area contributed by atoms with Gasteiger partial charge in [-0.2, -0.15) is 10.1 Å². The van der Waals surface area contributed by atoms with Gasteiger partial charge in [-0.15, -0.1) is 5.11 Å². The SMILES string of the molecule is COC(=S)N=Nc1nc(C(C)c2ccc(-c3ccccc3)c(F)c2)nn1C. The molecule has 0 saturated heterocycles. The van der Waals surface area contributed by atoms with Gasteiger partial charge in [0.15, 0.2) is 5.82 Å². The van der Waals surface area contributed by atoms with Gasteiger partial charge in [-0.1, -0.05) is 54.5 Å². The number of thiocarbonyl (C=S) groups is 1. The van der Waals surface area contributed by atoms with E-state index in [1.807, 2.05) is 43.3 Å². The molecule has 3 rings (SSSR count). The lowest BCUT2D eigenvalue weighted by atomic mass is 9.96. The standard InChI is InChI=1S/C19H18FN5OS/c1-12(17-21-18(25(2)24-17)22-23-19(27)26-3)14-9-10-15(16(20)11-14)13-7-5-4-6-8-13/h4-12H,1-3H3. The molecular formula is C19H18FN5OS. The largest absolute Gasteiger partial charge is 0.472 e. The Balaban J connectivity index is 1.86. The van der Waals surface area contributed by atoms with Crippen molar-refractivity contribution in [1.29, 1.82) is 0 Å². The van der Waals surface area contributed by atoms with Gasteiger partial charge in [0, 0.05) is 18.5 Å². The molecule has 0 saturated carbocycles. The van der Waals surface area contributed by atoms with E-state index in [0.717, 1.165) is 11.1 Å². The van der Waals surface area contributed by atoms with Crippen LogP contribution in [0.2, 0.25) is 0 Å². The summed E-state index contributed by atoms with van der Waals surface area (Å²) in [5, 5.41) is 12.0. The molecule has 27 heavy (non-hydrogen) atoms. The van der Waals surface area contributed by atoms with Crippen LogP contribution in [0.15, 0.2) is 58.8 Å². The van der Waals surface area contributed by atoms with Crippen molar-refractivity contribution in [3.8, 4) is 11.1 Å². The second kappa shape index (κ2) is 8.13. The summed E-state index contributed by atoms with van der Waals surface area (Å²) in [7, 11) is 3.12. The molecule has 0 bridgehead atoms. The number of ether oxygens (including phenoxy) is 1. The Morgan fingerprint density at radius 3 is 2.63 bits per heavy atom. The van der Waals surface area contributed by atoms with Gasteiger partial charge in [-0.3, -0.25) is 0 Å². The highest BCUT2D eigenvalue weighted by molar-refractivity contribution is 7.80. The maximum Gasteiger partial charge on any atom is 0.302 e. The van der Waals surface area contributed by atoms with Gasteiger partial charge in [0.05, 0.1) is 7.11 Å². The third-order valence-electron chi connectivity index (χ3n) is 4.12.